The van der Waals surface area contributed by atoms with Gasteiger partial charge >= 0.3 is 0 Å². The summed E-state index contributed by atoms with van der Waals surface area (Å²) in [5.74, 6) is 1.23. The minimum Gasteiger partial charge on any atom is -0.368 e. The summed E-state index contributed by atoms with van der Waals surface area (Å²) >= 11 is 1.52. The molecule has 1 aliphatic carbocycles. The molecule has 1 fully saturated rings. The smallest absolute Gasteiger partial charge is 0.224 e. The van der Waals surface area contributed by atoms with E-state index in [1.807, 2.05) is 6.26 Å². The topological polar surface area (TPSA) is 64.7 Å². The zero-order chi connectivity index (χ0) is 11.6. The fraction of sp³-hybridized carbons (Fsp3) is 0.727. The molecule has 0 aromatic carbocycles. The van der Waals surface area contributed by atoms with Crippen molar-refractivity contribution >= 4 is 17.7 Å². The Labute approximate surface area is 100 Å². The molecule has 1 aromatic heterocycles. The number of thioether (sulfide) groups is 1. The van der Waals surface area contributed by atoms with Gasteiger partial charge in [-0.2, -0.15) is 9.97 Å². The SMILES string of the molecule is CSc1nc(N)nc(C2(C)CCCCC2)n1. The van der Waals surface area contributed by atoms with Crippen molar-refractivity contribution in [2.24, 2.45) is 0 Å². The van der Waals surface area contributed by atoms with E-state index >= 15 is 0 Å². The molecule has 0 radical (unpaired) electrons. The van der Waals surface area contributed by atoms with E-state index in [0.717, 1.165) is 23.8 Å². The lowest BCUT2D eigenvalue weighted by molar-refractivity contribution is 0.301. The number of aromatic nitrogens is 3. The molecule has 0 aliphatic heterocycles. The first-order valence-corrected chi connectivity index (χ1v) is 6.92. The quantitative estimate of drug-likeness (QED) is 0.801. The summed E-state index contributed by atoms with van der Waals surface area (Å²) in [4.78, 5) is 12.9. The van der Waals surface area contributed by atoms with Crippen molar-refractivity contribution in [1.29, 1.82) is 0 Å². The van der Waals surface area contributed by atoms with Crippen LogP contribution < -0.4 is 5.73 Å². The maximum Gasteiger partial charge on any atom is 0.224 e. The van der Waals surface area contributed by atoms with Gasteiger partial charge < -0.3 is 5.73 Å². The van der Waals surface area contributed by atoms with Gasteiger partial charge in [0, 0.05) is 5.41 Å². The Balaban J connectivity index is 2.34. The largest absolute Gasteiger partial charge is 0.368 e. The molecule has 0 bridgehead atoms. The van der Waals surface area contributed by atoms with Gasteiger partial charge in [0.15, 0.2) is 5.16 Å². The number of nitrogens with zero attached hydrogens (tertiary/aromatic N) is 3. The second-order valence-corrected chi connectivity index (χ2v) is 5.40. The van der Waals surface area contributed by atoms with Gasteiger partial charge in [-0.25, -0.2) is 4.98 Å². The first-order valence-electron chi connectivity index (χ1n) is 5.70. The van der Waals surface area contributed by atoms with Crippen molar-refractivity contribution < 1.29 is 0 Å². The van der Waals surface area contributed by atoms with Crippen LogP contribution in [-0.4, -0.2) is 21.2 Å². The van der Waals surface area contributed by atoms with Crippen LogP contribution >= 0.6 is 11.8 Å². The van der Waals surface area contributed by atoms with E-state index in [-0.39, 0.29) is 5.41 Å². The molecule has 1 aromatic rings. The van der Waals surface area contributed by atoms with Gasteiger partial charge in [0.25, 0.3) is 0 Å². The Morgan fingerprint density at radius 3 is 2.44 bits per heavy atom. The molecule has 2 rings (SSSR count). The van der Waals surface area contributed by atoms with Crippen molar-refractivity contribution in [2.45, 2.75) is 49.6 Å². The van der Waals surface area contributed by atoms with E-state index in [1.165, 1.54) is 31.0 Å². The highest BCUT2D eigenvalue weighted by molar-refractivity contribution is 7.98. The lowest BCUT2D eigenvalue weighted by Crippen LogP contribution is -2.28. The van der Waals surface area contributed by atoms with Crippen LogP contribution in [0.2, 0.25) is 0 Å². The third kappa shape index (κ3) is 2.29. The summed E-state index contributed by atoms with van der Waals surface area (Å²) < 4.78 is 0. The Hall–Kier alpha value is -0.840. The van der Waals surface area contributed by atoms with Gasteiger partial charge in [-0.3, -0.25) is 0 Å². The molecular weight excluding hydrogens is 220 g/mol. The van der Waals surface area contributed by atoms with Gasteiger partial charge in [0.05, 0.1) is 0 Å². The fourth-order valence-electron chi connectivity index (χ4n) is 2.29. The molecule has 0 unspecified atom stereocenters. The molecule has 5 heteroatoms. The van der Waals surface area contributed by atoms with Crippen LogP contribution in [0.3, 0.4) is 0 Å². The molecule has 0 saturated heterocycles. The predicted octanol–water partition coefficient (Wildman–Crippen LogP) is 2.40. The van der Waals surface area contributed by atoms with Crippen LogP contribution in [0.5, 0.6) is 0 Å². The fourth-order valence-corrected chi connectivity index (χ4v) is 2.65. The Morgan fingerprint density at radius 1 is 1.12 bits per heavy atom. The van der Waals surface area contributed by atoms with Crippen molar-refractivity contribution in [2.75, 3.05) is 12.0 Å². The molecule has 1 heterocycles. The summed E-state index contributed by atoms with van der Waals surface area (Å²) in [6.45, 7) is 2.24. The molecule has 88 valence electrons. The highest BCUT2D eigenvalue weighted by Gasteiger charge is 2.32. The van der Waals surface area contributed by atoms with Crippen molar-refractivity contribution in [3.05, 3.63) is 5.82 Å². The van der Waals surface area contributed by atoms with E-state index in [9.17, 15) is 0 Å². The molecule has 0 atom stereocenters. The van der Waals surface area contributed by atoms with Gasteiger partial charge in [0.2, 0.25) is 5.95 Å². The molecule has 2 N–H and O–H groups in total. The van der Waals surface area contributed by atoms with Gasteiger partial charge in [0.1, 0.15) is 5.82 Å². The molecule has 0 spiro atoms. The Kier molecular flexibility index (Phi) is 3.33. The van der Waals surface area contributed by atoms with Crippen molar-refractivity contribution in [3.8, 4) is 0 Å². The van der Waals surface area contributed by atoms with Crippen molar-refractivity contribution in [1.82, 2.24) is 15.0 Å². The standard InChI is InChI=1S/C11H18N4S/c1-11(6-4-3-5-7-11)8-13-9(12)15-10(14-8)16-2/h3-7H2,1-2H3,(H2,12,13,14,15). The first kappa shape index (κ1) is 11.6. The van der Waals surface area contributed by atoms with E-state index in [2.05, 4.69) is 21.9 Å². The summed E-state index contributed by atoms with van der Waals surface area (Å²) in [6, 6.07) is 0. The highest BCUT2D eigenvalue weighted by Crippen LogP contribution is 2.37. The average Bonchev–Trinajstić information content (AvgIpc) is 2.29. The first-order chi connectivity index (χ1) is 7.64. The molecular formula is C11H18N4S. The second kappa shape index (κ2) is 4.57. The summed E-state index contributed by atoms with van der Waals surface area (Å²) in [6.07, 6.45) is 8.12. The summed E-state index contributed by atoms with van der Waals surface area (Å²) in [5, 5.41) is 0.731. The zero-order valence-electron chi connectivity index (χ0n) is 9.86. The molecule has 1 aliphatic rings. The number of hydrogen-bond donors (Lipinski definition) is 1. The van der Waals surface area contributed by atoms with Crippen LogP contribution in [0.1, 0.15) is 44.9 Å². The van der Waals surface area contributed by atoms with E-state index in [0.29, 0.717) is 5.95 Å². The lowest BCUT2D eigenvalue weighted by atomic mass is 9.75. The number of nitrogens with two attached hydrogens (primary N) is 1. The third-order valence-corrected chi connectivity index (χ3v) is 3.86. The second-order valence-electron chi connectivity index (χ2n) is 4.63. The predicted molar refractivity (Wildman–Crippen MR) is 66.5 cm³/mol. The molecule has 1 saturated carbocycles. The minimum atomic E-state index is 0.0970. The maximum atomic E-state index is 5.72. The molecule has 4 nitrogen and oxygen atoms in total. The van der Waals surface area contributed by atoms with Gasteiger partial charge in [-0.1, -0.05) is 37.9 Å². The Morgan fingerprint density at radius 2 is 1.81 bits per heavy atom. The zero-order valence-corrected chi connectivity index (χ0v) is 10.7. The summed E-state index contributed by atoms with van der Waals surface area (Å²) in [7, 11) is 0. The maximum absolute atomic E-state index is 5.72. The highest BCUT2D eigenvalue weighted by atomic mass is 32.2. The van der Waals surface area contributed by atoms with E-state index in [4.69, 9.17) is 5.73 Å². The van der Waals surface area contributed by atoms with Crippen LogP contribution in [-0.2, 0) is 5.41 Å². The number of rotatable bonds is 2. The Bertz CT molecular complexity index is 374. The third-order valence-electron chi connectivity index (χ3n) is 3.31. The normalized spacial score (nSPS) is 19.6. The average molecular weight is 238 g/mol. The van der Waals surface area contributed by atoms with Gasteiger partial charge in [-0.05, 0) is 19.1 Å². The van der Waals surface area contributed by atoms with Crippen LogP contribution in [0, 0.1) is 0 Å². The number of nitrogen functional groups attached to an aromatic ring is 1. The minimum absolute atomic E-state index is 0.0970. The van der Waals surface area contributed by atoms with E-state index < -0.39 is 0 Å². The van der Waals surface area contributed by atoms with Crippen LogP contribution in [0.15, 0.2) is 5.16 Å². The lowest BCUT2D eigenvalue weighted by Gasteiger charge is -2.31. The van der Waals surface area contributed by atoms with Crippen LogP contribution in [0.25, 0.3) is 0 Å². The number of anilines is 1. The molecule has 0 amide bonds. The monoisotopic (exact) mass is 238 g/mol. The van der Waals surface area contributed by atoms with Crippen molar-refractivity contribution in [3.63, 3.8) is 0 Å². The molecule has 16 heavy (non-hydrogen) atoms. The summed E-state index contributed by atoms with van der Waals surface area (Å²) in [5.41, 5.74) is 5.82. The van der Waals surface area contributed by atoms with Crippen LogP contribution in [0.4, 0.5) is 5.95 Å². The number of hydrogen-bond acceptors (Lipinski definition) is 5. The van der Waals surface area contributed by atoms with Gasteiger partial charge in [-0.15, -0.1) is 0 Å². The van der Waals surface area contributed by atoms with E-state index in [1.54, 1.807) is 0 Å².